The van der Waals surface area contributed by atoms with Crippen molar-refractivity contribution < 1.29 is 27.5 Å². The summed E-state index contributed by atoms with van der Waals surface area (Å²) in [7, 11) is 1.58. The maximum absolute atomic E-state index is 12.4. The number of likely N-dealkylation sites (tertiary alicyclic amines) is 1. The van der Waals surface area contributed by atoms with Crippen LogP contribution < -0.4 is 10.1 Å². The summed E-state index contributed by atoms with van der Waals surface area (Å²) in [5.74, 6) is -1.05. The minimum Gasteiger partial charge on any atom is -0.497 e. The topological polar surface area (TPSA) is 58.6 Å². The van der Waals surface area contributed by atoms with Gasteiger partial charge in [0.1, 0.15) is 5.75 Å². The van der Waals surface area contributed by atoms with Crippen LogP contribution in [0, 0.1) is 5.92 Å². The fraction of sp³-hybridized carbons (Fsp3) is 0.556. The number of aryl methyl sites for hydroxylation is 1. The highest BCUT2D eigenvalue weighted by atomic mass is 19.4. The highest BCUT2D eigenvalue weighted by Gasteiger charge is 2.43. The molecular weight excluding hydrogens is 349 g/mol. The summed E-state index contributed by atoms with van der Waals surface area (Å²) in [6.07, 6.45) is -2.99. The lowest BCUT2D eigenvalue weighted by Gasteiger charge is -2.32. The molecule has 1 aromatic rings. The van der Waals surface area contributed by atoms with E-state index in [1.165, 1.54) is 0 Å². The Bertz CT molecular complexity index is 626. The van der Waals surface area contributed by atoms with Crippen molar-refractivity contribution in [1.29, 1.82) is 0 Å². The molecule has 1 aliphatic rings. The molecule has 0 radical (unpaired) electrons. The summed E-state index contributed by atoms with van der Waals surface area (Å²) in [4.78, 5) is 24.0. The molecule has 0 atom stereocenters. The Labute approximate surface area is 150 Å². The summed E-state index contributed by atoms with van der Waals surface area (Å²) in [6.45, 7) is 0.566. The molecule has 1 aromatic carbocycles. The number of nitrogens with zero attached hydrogens (tertiary/aromatic N) is 1. The summed E-state index contributed by atoms with van der Waals surface area (Å²) in [5, 5.41) is 2.83. The van der Waals surface area contributed by atoms with Gasteiger partial charge in [0.25, 0.3) is 0 Å². The van der Waals surface area contributed by atoms with Crippen LogP contribution in [0.1, 0.15) is 24.8 Å². The van der Waals surface area contributed by atoms with Crippen LogP contribution in [0.2, 0.25) is 0 Å². The van der Waals surface area contributed by atoms with Gasteiger partial charge in [0, 0.05) is 26.1 Å². The first-order valence-corrected chi connectivity index (χ1v) is 8.55. The molecule has 26 heavy (non-hydrogen) atoms. The Hall–Kier alpha value is -2.25. The number of halogens is 3. The van der Waals surface area contributed by atoms with Gasteiger partial charge < -0.3 is 15.0 Å². The number of nitrogens with one attached hydrogen (secondary N) is 1. The number of alkyl halides is 3. The standard InChI is InChI=1S/C18H23F3N2O3/c1-26-15-4-2-3-13(11-15)5-6-16(24)22-12-14-7-9-23(10-8-14)17(25)18(19,20)21/h2-4,11,14H,5-10,12H2,1H3,(H,22,24). The lowest BCUT2D eigenvalue weighted by atomic mass is 9.96. The molecule has 5 nitrogen and oxygen atoms in total. The van der Waals surface area contributed by atoms with E-state index < -0.39 is 12.1 Å². The van der Waals surface area contributed by atoms with Gasteiger partial charge in [-0.1, -0.05) is 12.1 Å². The van der Waals surface area contributed by atoms with Gasteiger partial charge in [0.15, 0.2) is 0 Å². The predicted octanol–water partition coefficient (Wildman–Crippen LogP) is 2.54. The largest absolute Gasteiger partial charge is 0.497 e. The second-order valence-corrected chi connectivity index (χ2v) is 6.39. The first-order chi connectivity index (χ1) is 12.3. The van der Waals surface area contributed by atoms with Gasteiger partial charge in [0.2, 0.25) is 5.91 Å². The summed E-state index contributed by atoms with van der Waals surface area (Å²) in [5.41, 5.74) is 0.999. The van der Waals surface area contributed by atoms with Crippen LogP contribution in [0.3, 0.4) is 0 Å². The molecule has 0 spiro atoms. The maximum atomic E-state index is 12.4. The van der Waals surface area contributed by atoms with Gasteiger partial charge in [-0.25, -0.2) is 0 Å². The molecule has 1 N–H and O–H groups in total. The average molecular weight is 372 g/mol. The molecule has 0 bridgehead atoms. The zero-order valence-electron chi connectivity index (χ0n) is 14.6. The Morgan fingerprint density at radius 1 is 1.27 bits per heavy atom. The fourth-order valence-electron chi connectivity index (χ4n) is 2.95. The zero-order chi connectivity index (χ0) is 19.2. The minimum atomic E-state index is -4.82. The lowest BCUT2D eigenvalue weighted by Crippen LogP contribution is -2.46. The number of benzene rings is 1. The van der Waals surface area contributed by atoms with Crippen molar-refractivity contribution in [2.75, 3.05) is 26.7 Å². The van der Waals surface area contributed by atoms with E-state index in [4.69, 9.17) is 4.74 Å². The maximum Gasteiger partial charge on any atom is 0.471 e. The third kappa shape index (κ3) is 5.93. The number of piperidine rings is 1. The molecular formula is C18H23F3N2O3. The van der Waals surface area contributed by atoms with E-state index in [1.807, 2.05) is 24.3 Å². The summed E-state index contributed by atoms with van der Waals surface area (Å²) in [6, 6.07) is 7.49. The van der Waals surface area contributed by atoms with Crippen molar-refractivity contribution in [3.05, 3.63) is 29.8 Å². The van der Waals surface area contributed by atoms with Gasteiger partial charge in [-0.05, 0) is 42.9 Å². The highest BCUT2D eigenvalue weighted by Crippen LogP contribution is 2.23. The molecule has 1 aliphatic heterocycles. The zero-order valence-corrected chi connectivity index (χ0v) is 14.6. The lowest BCUT2D eigenvalue weighted by molar-refractivity contribution is -0.186. The van der Waals surface area contributed by atoms with E-state index in [0.29, 0.717) is 32.2 Å². The summed E-state index contributed by atoms with van der Waals surface area (Å²) >= 11 is 0. The molecule has 0 saturated carbocycles. The number of methoxy groups -OCH3 is 1. The van der Waals surface area contributed by atoms with E-state index in [2.05, 4.69) is 5.32 Å². The molecule has 144 valence electrons. The SMILES string of the molecule is COc1cccc(CCC(=O)NCC2CCN(C(=O)C(F)(F)F)CC2)c1. The number of rotatable bonds is 6. The van der Waals surface area contributed by atoms with Gasteiger partial charge in [-0.2, -0.15) is 13.2 Å². The number of ether oxygens (including phenoxy) is 1. The Balaban J connectivity index is 1.68. The van der Waals surface area contributed by atoms with Crippen LogP contribution >= 0.6 is 0 Å². The Morgan fingerprint density at radius 3 is 2.58 bits per heavy atom. The van der Waals surface area contributed by atoms with Gasteiger partial charge in [-0.3, -0.25) is 9.59 Å². The van der Waals surface area contributed by atoms with E-state index in [-0.39, 0.29) is 24.9 Å². The molecule has 2 amide bonds. The average Bonchev–Trinajstić information content (AvgIpc) is 2.64. The number of amides is 2. The fourth-order valence-corrected chi connectivity index (χ4v) is 2.95. The van der Waals surface area contributed by atoms with Gasteiger partial charge in [0.05, 0.1) is 7.11 Å². The van der Waals surface area contributed by atoms with Gasteiger partial charge in [-0.15, -0.1) is 0 Å². The van der Waals surface area contributed by atoms with Crippen LogP contribution in [0.4, 0.5) is 13.2 Å². The predicted molar refractivity (Wildman–Crippen MR) is 89.7 cm³/mol. The third-order valence-corrected chi connectivity index (χ3v) is 4.51. The molecule has 0 unspecified atom stereocenters. The van der Waals surface area contributed by atoms with Crippen LogP contribution in [-0.2, 0) is 16.0 Å². The number of hydrogen-bond donors (Lipinski definition) is 1. The minimum absolute atomic E-state index is 0.0721. The van der Waals surface area contributed by atoms with Crippen molar-refractivity contribution in [2.45, 2.75) is 31.9 Å². The first-order valence-electron chi connectivity index (χ1n) is 8.55. The van der Waals surface area contributed by atoms with Crippen LogP contribution in [0.25, 0.3) is 0 Å². The van der Waals surface area contributed by atoms with Gasteiger partial charge >= 0.3 is 12.1 Å². The smallest absolute Gasteiger partial charge is 0.471 e. The van der Waals surface area contributed by atoms with Crippen LogP contribution in [-0.4, -0.2) is 49.6 Å². The molecule has 0 aliphatic carbocycles. The van der Waals surface area contributed by atoms with Crippen molar-refractivity contribution >= 4 is 11.8 Å². The Morgan fingerprint density at radius 2 is 1.96 bits per heavy atom. The molecule has 2 rings (SSSR count). The van der Waals surface area contributed by atoms with E-state index in [9.17, 15) is 22.8 Å². The quantitative estimate of drug-likeness (QED) is 0.835. The molecule has 1 fully saturated rings. The van der Waals surface area contributed by atoms with Crippen molar-refractivity contribution in [3.63, 3.8) is 0 Å². The van der Waals surface area contributed by atoms with Crippen molar-refractivity contribution in [2.24, 2.45) is 5.92 Å². The molecule has 8 heteroatoms. The second-order valence-electron chi connectivity index (χ2n) is 6.39. The monoisotopic (exact) mass is 372 g/mol. The number of carbonyl (C=O) groups excluding carboxylic acids is 2. The second kappa shape index (κ2) is 8.91. The molecule has 0 aromatic heterocycles. The van der Waals surface area contributed by atoms with Crippen LogP contribution in [0.15, 0.2) is 24.3 Å². The van der Waals surface area contributed by atoms with E-state index in [0.717, 1.165) is 16.2 Å². The first kappa shape index (κ1) is 20.1. The van der Waals surface area contributed by atoms with Crippen LogP contribution in [0.5, 0.6) is 5.75 Å². The molecule has 1 heterocycles. The van der Waals surface area contributed by atoms with E-state index >= 15 is 0 Å². The Kier molecular flexibility index (Phi) is 6.88. The summed E-state index contributed by atoms with van der Waals surface area (Å²) < 4.78 is 42.3. The van der Waals surface area contributed by atoms with Crippen molar-refractivity contribution in [3.8, 4) is 5.75 Å². The number of hydrogen-bond acceptors (Lipinski definition) is 3. The third-order valence-electron chi connectivity index (χ3n) is 4.51. The number of carbonyl (C=O) groups is 2. The van der Waals surface area contributed by atoms with E-state index in [1.54, 1.807) is 7.11 Å². The molecule has 1 saturated heterocycles. The van der Waals surface area contributed by atoms with Crippen molar-refractivity contribution in [1.82, 2.24) is 10.2 Å². The highest BCUT2D eigenvalue weighted by molar-refractivity contribution is 5.81. The normalized spacial score (nSPS) is 15.6.